The van der Waals surface area contributed by atoms with E-state index >= 15 is 0 Å². The average Bonchev–Trinajstić information content (AvgIpc) is 2.89. The third-order valence-corrected chi connectivity index (χ3v) is 5.93. The third kappa shape index (κ3) is 13.6. The van der Waals surface area contributed by atoms with E-state index in [1.807, 2.05) is 36.4 Å². The first-order valence-electron chi connectivity index (χ1n) is 13.5. The van der Waals surface area contributed by atoms with Crippen LogP contribution in [0.4, 0.5) is 0 Å². The number of carboxylic acids is 1. The van der Waals surface area contributed by atoms with Gasteiger partial charge in [-0.05, 0) is 36.1 Å². The van der Waals surface area contributed by atoms with E-state index in [0.717, 1.165) is 24.0 Å². The molecule has 6 nitrogen and oxygen atoms in total. The molecule has 2 aromatic carbocycles. The molecule has 0 fully saturated rings. The van der Waals surface area contributed by atoms with Gasteiger partial charge >= 0.3 is 5.97 Å². The van der Waals surface area contributed by atoms with Crippen molar-refractivity contribution in [1.82, 2.24) is 0 Å². The Morgan fingerprint density at radius 1 is 0.694 bits per heavy atom. The number of aryl methyl sites for hydroxylation is 1. The number of carboxylic acid groups (broad SMARTS) is 1. The molecule has 0 heterocycles. The number of carbonyl (C=O) groups is 1. The smallest absolute Gasteiger partial charge is 0.339 e. The molecule has 0 saturated carbocycles. The van der Waals surface area contributed by atoms with Gasteiger partial charge in [-0.25, -0.2) is 4.79 Å². The first kappa shape index (κ1) is 29.8. The molecule has 6 heteroatoms. The molecule has 0 aliphatic carbocycles. The number of aromatic carboxylic acids is 1. The number of hydrogen-bond donors (Lipinski definition) is 1. The van der Waals surface area contributed by atoms with Crippen LogP contribution in [0.25, 0.3) is 0 Å². The Kier molecular flexibility index (Phi) is 16.4. The summed E-state index contributed by atoms with van der Waals surface area (Å²) in [5, 5.41) is 9.59. The van der Waals surface area contributed by atoms with E-state index in [9.17, 15) is 9.90 Å². The molecule has 2 aromatic rings. The van der Waals surface area contributed by atoms with E-state index in [2.05, 4.69) is 6.92 Å². The fraction of sp³-hybridized carbons (Fsp3) is 0.567. The highest BCUT2D eigenvalue weighted by Gasteiger charge is 2.12. The minimum Gasteiger partial charge on any atom is -0.490 e. The summed E-state index contributed by atoms with van der Waals surface area (Å²) < 4.78 is 22.3. The summed E-state index contributed by atoms with van der Waals surface area (Å²) in [6.45, 7) is 5.44. The monoisotopic (exact) mass is 500 g/mol. The largest absolute Gasteiger partial charge is 0.490 e. The Balaban J connectivity index is 1.52. The van der Waals surface area contributed by atoms with Crippen molar-refractivity contribution in [2.45, 2.75) is 71.3 Å². The Labute approximate surface area is 216 Å². The molecular weight excluding hydrogens is 456 g/mol. The highest BCUT2D eigenvalue weighted by atomic mass is 16.6. The minimum atomic E-state index is -0.966. The highest BCUT2D eigenvalue weighted by Crippen LogP contribution is 2.22. The molecule has 0 spiro atoms. The van der Waals surface area contributed by atoms with Gasteiger partial charge in [0, 0.05) is 0 Å². The van der Waals surface area contributed by atoms with Crippen LogP contribution in [-0.4, -0.2) is 50.7 Å². The quantitative estimate of drug-likeness (QED) is 0.181. The second kappa shape index (κ2) is 19.7. The van der Waals surface area contributed by atoms with Gasteiger partial charge in [0.1, 0.15) is 17.9 Å². The Morgan fingerprint density at radius 3 is 1.97 bits per heavy atom. The SMILES string of the molecule is CCCCCCCCCCc1ccc(OCCOCCOCCOCc2ccccc2)c(C(=O)O)c1. The average molecular weight is 501 g/mol. The number of ether oxygens (including phenoxy) is 4. The van der Waals surface area contributed by atoms with Gasteiger partial charge in [-0.15, -0.1) is 0 Å². The van der Waals surface area contributed by atoms with Crippen molar-refractivity contribution < 1.29 is 28.8 Å². The molecule has 200 valence electrons. The van der Waals surface area contributed by atoms with Crippen molar-refractivity contribution in [3.63, 3.8) is 0 Å². The van der Waals surface area contributed by atoms with Gasteiger partial charge < -0.3 is 24.1 Å². The maximum Gasteiger partial charge on any atom is 0.339 e. The van der Waals surface area contributed by atoms with Crippen LogP contribution < -0.4 is 4.74 Å². The molecule has 0 atom stereocenters. The predicted molar refractivity (Wildman–Crippen MR) is 143 cm³/mol. The Bertz CT molecular complexity index is 823. The van der Waals surface area contributed by atoms with Gasteiger partial charge in [-0.3, -0.25) is 0 Å². The van der Waals surface area contributed by atoms with E-state index in [1.165, 1.54) is 44.9 Å². The van der Waals surface area contributed by atoms with Crippen LogP contribution in [0.5, 0.6) is 5.75 Å². The van der Waals surface area contributed by atoms with Crippen molar-refractivity contribution in [3.05, 3.63) is 65.2 Å². The fourth-order valence-electron chi connectivity index (χ4n) is 3.90. The molecule has 0 radical (unpaired) electrons. The molecule has 0 bridgehead atoms. The lowest BCUT2D eigenvalue weighted by Gasteiger charge is -2.11. The first-order chi connectivity index (χ1) is 17.7. The standard InChI is InChI=1S/C30H44O6/c1-2-3-4-5-6-7-8-10-13-26-16-17-29(28(24-26)30(31)32)36-23-22-34-19-18-33-20-21-35-25-27-14-11-9-12-15-27/h9,11-12,14-17,24H,2-8,10,13,18-23,25H2,1H3,(H,31,32). The normalized spacial score (nSPS) is 11.0. The van der Waals surface area contributed by atoms with Crippen LogP contribution in [-0.2, 0) is 27.2 Å². The second-order valence-electron chi connectivity index (χ2n) is 8.97. The van der Waals surface area contributed by atoms with E-state index in [0.29, 0.717) is 45.4 Å². The van der Waals surface area contributed by atoms with Gasteiger partial charge in [0.2, 0.25) is 0 Å². The highest BCUT2D eigenvalue weighted by molar-refractivity contribution is 5.91. The maximum absolute atomic E-state index is 11.7. The fourth-order valence-corrected chi connectivity index (χ4v) is 3.90. The van der Waals surface area contributed by atoms with Crippen LogP contribution >= 0.6 is 0 Å². The molecule has 0 amide bonds. The molecule has 0 aliphatic rings. The van der Waals surface area contributed by atoms with E-state index in [4.69, 9.17) is 18.9 Å². The van der Waals surface area contributed by atoms with Crippen molar-refractivity contribution in [1.29, 1.82) is 0 Å². The van der Waals surface area contributed by atoms with Crippen molar-refractivity contribution in [3.8, 4) is 5.75 Å². The molecule has 0 aromatic heterocycles. The lowest BCUT2D eigenvalue weighted by atomic mass is 10.0. The third-order valence-electron chi connectivity index (χ3n) is 5.93. The summed E-state index contributed by atoms with van der Waals surface area (Å²) in [6.07, 6.45) is 11.0. The van der Waals surface area contributed by atoms with Crippen molar-refractivity contribution in [2.75, 3.05) is 39.6 Å². The number of rotatable bonds is 22. The van der Waals surface area contributed by atoms with Crippen LogP contribution in [0.15, 0.2) is 48.5 Å². The zero-order valence-electron chi connectivity index (χ0n) is 21.9. The molecule has 1 N–H and O–H groups in total. The van der Waals surface area contributed by atoms with Crippen LogP contribution in [0.2, 0.25) is 0 Å². The Morgan fingerprint density at radius 2 is 1.31 bits per heavy atom. The summed E-state index contributed by atoms with van der Waals surface area (Å²) in [7, 11) is 0. The topological polar surface area (TPSA) is 74.2 Å². The van der Waals surface area contributed by atoms with Gasteiger partial charge in [-0.1, -0.05) is 88.3 Å². The van der Waals surface area contributed by atoms with E-state index < -0.39 is 5.97 Å². The zero-order valence-corrected chi connectivity index (χ0v) is 21.9. The maximum atomic E-state index is 11.7. The van der Waals surface area contributed by atoms with E-state index in [1.54, 1.807) is 12.1 Å². The zero-order chi connectivity index (χ0) is 25.7. The summed E-state index contributed by atoms with van der Waals surface area (Å²) in [6, 6.07) is 15.5. The lowest BCUT2D eigenvalue weighted by Crippen LogP contribution is -2.13. The minimum absolute atomic E-state index is 0.214. The summed E-state index contributed by atoms with van der Waals surface area (Å²) in [4.78, 5) is 11.7. The molecule has 36 heavy (non-hydrogen) atoms. The molecule has 0 saturated heterocycles. The summed E-state index contributed by atoms with van der Waals surface area (Å²) in [5.41, 5.74) is 2.41. The lowest BCUT2D eigenvalue weighted by molar-refractivity contribution is 0.00590. The molecule has 0 unspecified atom stereocenters. The van der Waals surface area contributed by atoms with Gasteiger partial charge in [0.25, 0.3) is 0 Å². The number of hydrogen-bond acceptors (Lipinski definition) is 5. The van der Waals surface area contributed by atoms with E-state index in [-0.39, 0.29) is 12.2 Å². The first-order valence-corrected chi connectivity index (χ1v) is 13.5. The molecular formula is C30H44O6. The van der Waals surface area contributed by atoms with Crippen molar-refractivity contribution >= 4 is 5.97 Å². The Hall–Kier alpha value is -2.41. The predicted octanol–water partition coefficient (Wildman–Crippen LogP) is 6.70. The molecule has 0 aliphatic heterocycles. The number of benzene rings is 2. The van der Waals surface area contributed by atoms with Crippen molar-refractivity contribution in [2.24, 2.45) is 0 Å². The van der Waals surface area contributed by atoms with Gasteiger partial charge in [-0.2, -0.15) is 0 Å². The second-order valence-corrected chi connectivity index (χ2v) is 8.97. The molecule has 2 rings (SSSR count). The number of unbranched alkanes of at least 4 members (excludes halogenated alkanes) is 7. The summed E-state index contributed by atoms with van der Waals surface area (Å²) >= 11 is 0. The van der Waals surface area contributed by atoms with Gasteiger partial charge in [0.15, 0.2) is 0 Å². The van der Waals surface area contributed by atoms with Crippen LogP contribution in [0.3, 0.4) is 0 Å². The summed E-state index contributed by atoms with van der Waals surface area (Å²) in [5.74, 6) is -0.579. The van der Waals surface area contributed by atoms with Crippen LogP contribution in [0, 0.1) is 0 Å². The van der Waals surface area contributed by atoms with Gasteiger partial charge in [0.05, 0.1) is 39.6 Å². The van der Waals surface area contributed by atoms with Crippen LogP contribution in [0.1, 0.15) is 79.8 Å².